The zero-order valence-electron chi connectivity index (χ0n) is 11.1. The monoisotopic (exact) mass is 286 g/mol. The summed E-state index contributed by atoms with van der Waals surface area (Å²) in [6.07, 6.45) is 2.39. The van der Waals surface area contributed by atoms with Gasteiger partial charge in [0.2, 0.25) is 0 Å². The number of benzene rings is 1. The molecular weight excluding hydrogens is 271 g/mol. The summed E-state index contributed by atoms with van der Waals surface area (Å²) in [4.78, 5) is 2.34. The Hall–Kier alpha value is -1.70. The van der Waals surface area contributed by atoms with Gasteiger partial charge in [-0.25, -0.2) is 4.39 Å². The number of thiophene rings is 1. The van der Waals surface area contributed by atoms with E-state index < -0.39 is 0 Å². The van der Waals surface area contributed by atoms with Crippen molar-refractivity contribution >= 4 is 11.3 Å². The summed E-state index contributed by atoms with van der Waals surface area (Å²) in [7, 11) is 0. The second-order valence-electron chi connectivity index (χ2n) is 5.18. The highest BCUT2D eigenvalue weighted by Crippen LogP contribution is 2.30. The molecule has 1 aromatic heterocycles. The molecule has 0 bridgehead atoms. The van der Waals surface area contributed by atoms with E-state index in [0.717, 1.165) is 12.1 Å². The second-order valence-corrected chi connectivity index (χ2v) is 5.96. The molecule has 0 spiro atoms. The average molecular weight is 286 g/mol. The quantitative estimate of drug-likeness (QED) is 0.833. The molecule has 1 fully saturated rings. The van der Waals surface area contributed by atoms with Gasteiger partial charge >= 0.3 is 0 Å². The van der Waals surface area contributed by atoms with Gasteiger partial charge in [-0.05, 0) is 59.0 Å². The van der Waals surface area contributed by atoms with Crippen LogP contribution in [0.5, 0.6) is 0 Å². The van der Waals surface area contributed by atoms with Gasteiger partial charge in [0.15, 0.2) is 0 Å². The number of hydrogen-bond acceptors (Lipinski definition) is 3. The maximum atomic E-state index is 13.4. The van der Waals surface area contributed by atoms with Crippen LogP contribution in [0.1, 0.15) is 29.5 Å². The van der Waals surface area contributed by atoms with Crippen LogP contribution in [0.3, 0.4) is 0 Å². The molecule has 0 unspecified atom stereocenters. The fourth-order valence-electron chi connectivity index (χ4n) is 2.39. The zero-order chi connectivity index (χ0) is 13.9. The van der Waals surface area contributed by atoms with E-state index in [1.165, 1.54) is 30.5 Å². The topological polar surface area (TPSA) is 27.0 Å². The van der Waals surface area contributed by atoms with Crippen LogP contribution in [0, 0.1) is 17.1 Å². The van der Waals surface area contributed by atoms with Crippen LogP contribution in [-0.2, 0) is 13.1 Å². The van der Waals surface area contributed by atoms with E-state index in [2.05, 4.69) is 27.8 Å². The van der Waals surface area contributed by atoms with Crippen molar-refractivity contribution in [1.82, 2.24) is 4.90 Å². The lowest BCUT2D eigenvalue weighted by Crippen LogP contribution is -2.25. The van der Waals surface area contributed by atoms with Gasteiger partial charge in [0.1, 0.15) is 5.82 Å². The van der Waals surface area contributed by atoms with Crippen LogP contribution >= 0.6 is 11.3 Å². The van der Waals surface area contributed by atoms with Crippen LogP contribution in [0.2, 0.25) is 0 Å². The Kier molecular flexibility index (Phi) is 3.81. The molecule has 1 heterocycles. The normalized spacial score (nSPS) is 14.4. The largest absolute Gasteiger partial charge is 0.292 e. The van der Waals surface area contributed by atoms with E-state index in [4.69, 9.17) is 5.26 Å². The Morgan fingerprint density at radius 1 is 1.30 bits per heavy atom. The van der Waals surface area contributed by atoms with E-state index in [1.807, 2.05) is 0 Å². The Morgan fingerprint density at radius 3 is 2.80 bits per heavy atom. The molecule has 20 heavy (non-hydrogen) atoms. The zero-order valence-corrected chi connectivity index (χ0v) is 11.9. The molecule has 1 aliphatic carbocycles. The summed E-state index contributed by atoms with van der Waals surface area (Å²) < 4.78 is 13.4. The molecular formula is C16H15FN2S. The van der Waals surface area contributed by atoms with Crippen molar-refractivity contribution in [3.05, 3.63) is 57.5 Å². The van der Waals surface area contributed by atoms with Crippen LogP contribution < -0.4 is 0 Å². The van der Waals surface area contributed by atoms with Gasteiger partial charge in [-0.3, -0.25) is 4.90 Å². The molecule has 0 saturated heterocycles. The maximum absolute atomic E-state index is 13.4. The standard InChI is InChI=1S/C16H15FN2S/c17-15-2-1-13(8-18)14(7-15)10-19(16-3-4-16)9-12-5-6-20-11-12/h1-2,5-7,11,16H,3-4,9-10H2. The van der Waals surface area contributed by atoms with Gasteiger partial charge in [0, 0.05) is 19.1 Å². The first-order valence-electron chi connectivity index (χ1n) is 6.70. The number of hydrogen-bond donors (Lipinski definition) is 0. The molecule has 1 saturated carbocycles. The number of nitriles is 1. The smallest absolute Gasteiger partial charge is 0.123 e. The molecule has 0 N–H and O–H groups in total. The van der Waals surface area contributed by atoms with Crippen molar-refractivity contribution in [1.29, 1.82) is 5.26 Å². The van der Waals surface area contributed by atoms with E-state index in [-0.39, 0.29) is 5.82 Å². The first-order valence-corrected chi connectivity index (χ1v) is 7.64. The van der Waals surface area contributed by atoms with Gasteiger partial charge in [0.25, 0.3) is 0 Å². The fourth-order valence-corrected chi connectivity index (χ4v) is 3.05. The third-order valence-corrected chi connectivity index (χ3v) is 4.32. The molecule has 2 aromatic rings. The highest BCUT2D eigenvalue weighted by Gasteiger charge is 2.29. The van der Waals surface area contributed by atoms with Crippen molar-refractivity contribution in [3.63, 3.8) is 0 Å². The van der Waals surface area contributed by atoms with Crippen LogP contribution in [0.25, 0.3) is 0 Å². The molecule has 0 radical (unpaired) electrons. The predicted molar refractivity (Wildman–Crippen MR) is 77.7 cm³/mol. The number of rotatable bonds is 5. The minimum Gasteiger partial charge on any atom is -0.292 e. The van der Waals surface area contributed by atoms with E-state index in [9.17, 15) is 4.39 Å². The molecule has 4 heteroatoms. The van der Waals surface area contributed by atoms with Crippen LogP contribution in [0.15, 0.2) is 35.0 Å². The van der Waals surface area contributed by atoms with Crippen molar-refractivity contribution < 1.29 is 4.39 Å². The van der Waals surface area contributed by atoms with Crippen LogP contribution in [0.4, 0.5) is 4.39 Å². The van der Waals surface area contributed by atoms with E-state index >= 15 is 0 Å². The third-order valence-electron chi connectivity index (χ3n) is 3.59. The first-order chi connectivity index (χ1) is 9.76. The Balaban J connectivity index is 1.80. The fraction of sp³-hybridized carbons (Fsp3) is 0.312. The lowest BCUT2D eigenvalue weighted by molar-refractivity contribution is 0.245. The summed E-state index contributed by atoms with van der Waals surface area (Å²) in [5, 5.41) is 13.4. The van der Waals surface area contributed by atoms with E-state index in [0.29, 0.717) is 18.2 Å². The van der Waals surface area contributed by atoms with Gasteiger partial charge < -0.3 is 0 Å². The van der Waals surface area contributed by atoms with Gasteiger partial charge in [-0.2, -0.15) is 16.6 Å². The first kappa shape index (κ1) is 13.3. The van der Waals surface area contributed by atoms with Crippen molar-refractivity contribution in [2.75, 3.05) is 0 Å². The number of nitrogens with zero attached hydrogens (tertiary/aromatic N) is 2. The minimum atomic E-state index is -0.273. The Labute approximate surface area is 122 Å². The lowest BCUT2D eigenvalue weighted by Gasteiger charge is -2.22. The molecule has 0 amide bonds. The molecule has 0 atom stereocenters. The lowest BCUT2D eigenvalue weighted by atomic mass is 10.1. The average Bonchev–Trinajstić information content (AvgIpc) is 3.17. The second kappa shape index (κ2) is 5.74. The van der Waals surface area contributed by atoms with Gasteiger partial charge in [0.05, 0.1) is 11.6 Å². The van der Waals surface area contributed by atoms with E-state index in [1.54, 1.807) is 17.4 Å². The van der Waals surface area contributed by atoms with Crippen molar-refractivity contribution in [2.24, 2.45) is 0 Å². The molecule has 2 nitrogen and oxygen atoms in total. The summed E-state index contributed by atoms with van der Waals surface area (Å²) in [5.41, 5.74) is 2.65. The molecule has 102 valence electrons. The molecule has 1 aliphatic rings. The summed E-state index contributed by atoms with van der Waals surface area (Å²) in [5.74, 6) is -0.273. The van der Waals surface area contributed by atoms with Gasteiger partial charge in [-0.15, -0.1) is 0 Å². The Bertz CT molecular complexity index is 626. The van der Waals surface area contributed by atoms with Crippen LogP contribution in [-0.4, -0.2) is 10.9 Å². The number of halogens is 1. The molecule has 3 rings (SSSR count). The summed E-state index contributed by atoms with van der Waals surface area (Å²) in [6, 6.07) is 9.26. The SMILES string of the molecule is N#Cc1ccc(F)cc1CN(Cc1ccsc1)C1CC1. The molecule has 1 aromatic carbocycles. The third kappa shape index (κ3) is 3.06. The minimum absolute atomic E-state index is 0.273. The van der Waals surface area contributed by atoms with Crippen molar-refractivity contribution in [3.8, 4) is 6.07 Å². The highest BCUT2D eigenvalue weighted by atomic mass is 32.1. The highest BCUT2D eigenvalue weighted by molar-refractivity contribution is 7.07. The predicted octanol–water partition coefficient (Wildman–Crippen LogP) is 3.92. The summed E-state index contributed by atoms with van der Waals surface area (Å²) in [6.45, 7) is 1.51. The maximum Gasteiger partial charge on any atom is 0.123 e. The summed E-state index contributed by atoms with van der Waals surface area (Å²) >= 11 is 1.69. The van der Waals surface area contributed by atoms with Crippen molar-refractivity contribution in [2.45, 2.75) is 32.0 Å². The molecule has 0 aliphatic heterocycles. The Morgan fingerprint density at radius 2 is 2.15 bits per heavy atom. The van der Waals surface area contributed by atoms with Gasteiger partial charge in [-0.1, -0.05) is 0 Å².